The largest absolute Gasteiger partial charge is 0.240 e. The molecular weight excluding hydrogens is 304 g/mol. The van der Waals surface area contributed by atoms with Crippen LogP contribution >= 0.6 is 15.9 Å². The second kappa shape index (κ2) is 5.63. The minimum Gasteiger partial charge on any atom is -0.210 e. The minimum atomic E-state index is -3.55. The molecule has 4 nitrogen and oxygen atoms in total. The molecule has 0 aromatic heterocycles. The Kier molecular flexibility index (Phi) is 4.69. The van der Waals surface area contributed by atoms with Crippen molar-refractivity contribution in [3.63, 3.8) is 0 Å². The SMILES string of the molecule is Cc1ccc(Br)cc1S(=O)(=O)NCC(C)C#N. The molecule has 1 aromatic rings. The maximum atomic E-state index is 12.0. The van der Waals surface area contributed by atoms with E-state index < -0.39 is 10.0 Å². The van der Waals surface area contributed by atoms with Crippen LogP contribution in [0, 0.1) is 24.2 Å². The summed E-state index contributed by atoms with van der Waals surface area (Å²) < 4.78 is 27.1. The van der Waals surface area contributed by atoms with Crippen LogP contribution in [-0.4, -0.2) is 15.0 Å². The van der Waals surface area contributed by atoms with Gasteiger partial charge in [0.05, 0.1) is 16.9 Å². The van der Waals surface area contributed by atoms with Crippen molar-refractivity contribution in [3.05, 3.63) is 28.2 Å². The van der Waals surface area contributed by atoms with E-state index in [1.165, 1.54) is 0 Å². The van der Waals surface area contributed by atoms with Gasteiger partial charge in [-0.25, -0.2) is 13.1 Å². The van der Waals surface area contributed by atoms with Gasteiger partial charge in [0.15, 0.2) is 0 Å². The Morgan fingerprint density at radius 1 is 1.53 bits per heavy atom. The smallest absolute Gasteiger partial charge is 0.210 e. The first kappa shape index (κ1) is 14.2. The number of aryl methyl sites for hydroxylation is 1. The topological polar surface area (TPSA) is 70.0 Å². The van der Waals surface area contributed by atoms with Crippen molar-refractivity contribution in [2.75, 3.05) is 6.54 Å². The molecule has 0 spiro atoms. The van der Waals surface area contributed by atoms with Crippen molar-refractivity contribution < 1.29 is 8.42 Å². The van der Waals surface area contributed by atoms with Crippen LogP contribution in [0.1, 0.15) is 12.5 Å². The number of hydrogen-bond donors (Lipinski definition) is 1. The number of sulfonamides is 1. The number of hydrogen-bond acceptors (Lipinski definition) is 3. The van der Waals surface area contributed by atoms with E-state index in [9.17, 15) is 8.42 Å². The van der Waals surface area contributed by atoms with E-state index in [1.54, 1.807) is 32.0 Å². The van der Waals surface area contributed by atoms with Crippen LogP contribution in [-0.2, 0) is 10.0 Å². The summed E-state index contributed by atoms with van der Waals surface area (Å²) in [5, 5.41) is 8.61. The quantitative estimate of drug-likeness (QED) is 0.925. The van der Waals surface area contributed by atoms with E-state index >= 15 is 0 Å². The number of nitrogens with one attached hydrogen (secondary N) is 1. The molecule has 0 saturated carbocycles. The molecular formula is C11H13BrN2O2S. The molecule has 0 fully saturated rings. The third-order valence-corrected chi connectivity index (χ3v) is 4.30. The average molecular weight is 317 g/mol. The Hall–Kier alpha value is -0.900. The van der Waals surface area contributed by atoms with Crippen LogP contribution in [0.3, 0.4) is 0 Å². The van der Waals surface area contributed by atoms with Crippen molar-refractivity contribution in [2.24, 2.45) is 5.92 Å². The third-order valence-electron chi connectivity index (χ3n) is 2.24. The summed E-state index contributed by atoms with van der Waals surface area (Å²) in [6, 6.07) is 7.04. The van der Waals surface area contributed by atoms with Crippen molar-refractivity contribution in [3.8, 4) is 6.07 Å². The lowest BCUT2D eigenvalue weighted by Gasteiger charge is -2.10. The van der Waals surface area contributed by atoms with Crippen molar-refractivity contribution in [1.29, 1.82) is 5.26 Å². The van der Waals surface area contributed by atoms with E-state index in [1.807, 2.05) is 6.07 Å². The van der Waals surface area contributed by atoms with E-state index in [2.05, 4.69) is 20.7 Å². The van der Waals surface area contributed by atoms with Gasteiger partial charge in [-0.05, 0) is 31.5 Å². The molecule has 0 aliphatic heterocycles. The Balaban J connectivity index is 2.98. The molecule has 92 valence electrons. The minimum absolute atomic E-state index is 0.116. The Morgan fingerprint density at radius 3 is 2.76 bits per heavy atom. The molecule has 0 aliphatic rings. The lowest BCUT2D eigenvalue weighted by Crippen LogP contribution is -2.28. The standard InChI is InChI=1S/C11H13BrN2O2S/c1-8(6-13)7-14-17(15,16)11-5-10(12)4-3-9(11)2/h3-5,8,14H,7H2,1-2H3. The summed E-state index contributed by atoms with van der Waals surface area (Å²) in [4.78, 5) is 0.233. The summed E-state index contributed by atoms with van der Waals surface area (Å²) in [6.07, 6.45) is 0. The van der Waals surface area contributed by atoms with Gasteiger partial charge in [-0.1, -0.05) is 22.0 Å². The number of nitrogens with zero attached hydrogens (tertiary/aromatic N) is 1. The molecule has 0 radical (unpaired) electrons. The average Bonchev–Trinajstić information content (AvgIpc) is 2.29. The number of nitriles is 1. The van der Waals surface area contributed by atoms with Crippen molar-refractivity contribution in [2.45, 2.75) is 18.7 Å². The molecule has 0 heterocycles. The van der Waals surface area contributed by atoms with Gasteiger partial charge < -0.3 is 0 Å². The molecule has 1 unspecified atom stereocenters. The fraction of sp³-hybridized carbons (Fsp3) is 0.364. The Bertz CT molecular complexity index is 549. The molecule has 1 N–H and O–H groups in total. The molecule has 0 bridgehead atoms. The lowest BCUT2D eigenvalue weighted by molar-refractivity contribution is 0.572. The normalized spacial score (nSPS) is 13.1. The Labute approximate surface area is 110 Å². The van der Waals surface area contributed by atoms with Crippen LogP contribution < -0.4 is 4.72 Å². The van der Waals surface area contributed by atoms with E-state index in [-0.39, 0.29) is 17.4 Å². The summed E-state index contributed by atoms with van der Waals surface area (Å²) in [5.74, 6) is -0.350. The highest BCUT2D eigenvalue weighted by Crippen LogP contribution is 2.20. The van der Waals surface area contributed by atoms with Crippen LogP contribution in [0.2, 0.25) is 0 Å². The highest BCUT2D eigenvalue weighted by atomic mass is 79.9. The fourth-order valence-electron chi connectivity index (χ4n) is 1.22. The fourth-order valence-corrected chi connectivity index (χ4v) is 3.13. The number of benzene rings is 1. The van der Waals surface area contributed by atoms with Gasteiger partial charge in [-0.15, -0.1) is 0 Å². The lowest BCUT2D eigenvalue weighted by atomic mass is 10.2. The molecule has 17 heavy (non-hydrogen) atoms. The highest BCUT2D eigenvalue weighted by Gasteiger charge is 2.17. The number of halogens is 1. The summed E-state index contributed by atoms with van der Waals surface area (Å²) in [6.45, 7) is 3.51. The molecule has 0 amide bonds. The van der Waals surface area contributed by atoms with Gasteiger partial charge in [0.1, 0.15) is 0 Å². The van der Waals surface area contributed by atoms with E-state index in [0.29, 0.717) is 10.0 Å². The molecule has 1 rings (SSSR count). The second-order valence-corrected chi connectivity index (χ2v) is 6.44. The van der Waals surface area contributed by atoms with Gasteiger partial charge in [0.25, 0.3) is 0 Å². The maximum Gasteiger partial charge on any atom is 0.240 e. The summed E-state index contributed by atoms with van der Waals surface area (Å²) in [7, 11) is -3.55. The zero-order valence-electron chi connectivity index (χ0n) is 9.57. The van der Waals surface area contributed by atoms with Crippen LogP contribution in [0.25, 0.3) is 0 Å². The van der Waals surface area contributed by atoms with Gasteiger partial charge >= 0.3 is 0 Å². The van der Waals surface area contributed by atoms with Crippen LogP contribution in [0.5, 0.6) is 0 Å². The maximum absolute atomic E-state index is 12.0. The monoisotopic (exact) mass is 316 g/mol. The third kappa shape index (κ3) is 3.80. The van der Waals surface area contributed by atoms with Crippen LogP contribution in [0.15, 0.2) is 27.6 Å². The van der Waals surface area contributed by atoms with Gasteiger partial charge in [-0.3, -0.25) is 0 Å². The summed E-state index contributed by atoms with van der Waals surface area (Å²) >= 11 is 3.24. The van der Waals surface area contributed by atoms with E-state index in [0.717, 1.165) is 0 Å². The summed E-state index contributed by atoms with van der Waals surface area (Å²) in [5.41, 5.74) is 0.672. The highest BCUT2D eigenvalue weighted by molar-refractivity contribution is 9.10. The van der Waals surface area contributed by atoms with E-state index in [4.69, 9.17) is 5.26 Å². The van der Waals surface area contributed by atoms with Crippen molar-refractivity contribution in [1.82, 2.24) is 4.72 Å². The predicted molar refractivity (Wildman–Crippen MR) is 68.8 cm³/mol. The molecule has 1 atom stereocenters. The first-order valence-corrected chi connectivity index (χ1v) is 7.30. The molecule has 1 aromatic carbocycles. The van der Waals surface area contributed by atoms with Crippen LogP contribution in [0.4, 0.5) is 0 Å². The van der Waals surface area contributed by atoms with Gasteiger partial charge in [-0.2, -0.15) is 5.26 Å². The van der Waals surface area contributed by atoms with Gasteiger partial charge in [0, 0.05) is 11.0 Å². The zero-order valence-corrected chi connectivity index (χ0v) is 12.0. The molecule has 0 saturated heterocycles. The Morgan fingerprint density at radius 2 is 2.18 bits per heavy atom. The zero-order chi connectivity index (χ0) is 13.1. The first-order valence-electron chi connectivity index (χ1n) is 5.02. The van der Waals surface area contributed by atoms with Crippen molar-refractivity contribution >= 4 is 26.0 Å². The number of rotatable bonds is 4. The van der Waals surface area contributed by atoms with Gasteiger partial charge in [0.2, 0.25) is 10.0 Å². The second-order valence-electron chi connectivity index (χ2n) is 3.79. The predicted octanol–water partition coefficient (Wildman–Crippen LogP) is 2.20. The molecule has 0 aliphatic carbocycles. The first-order chi connectivity index (χ1) is 7.86. The molecule has 6 heteroatoms.